The maximum atomic E-state index is 13.2. The van der Waals surface area contributed by atoms with E-state index in [9.17, 15) is 4.39 Å². The van der Waals surface area contributed by atoms with Crippen molar-refractivity contribution in [2.45, 2.75) is 32.4 Å². The lowest BCUT2D eigenvalue weighted by molar-refractivity contribution is 0.461. The van der Waals surface area contributed by atoms with E-state index in [0.717, 1.165) is 12.0 Å². The van der Waals surface area contributed by atoms with Crippen LogP contribution in [-0.4, -0.2) is 0 Å². The van der Waals surface area contributed by atoms with Crippen molar-refractivity contribution in [2.24, 2.45) is 0 Å². The van der Waals surface area contributed by atoms with Crippen molar-refractivity contribution in [3.05, 3.63) is 57.0 Å². The molecule has 2 rings (SSSR count). The van der Waals surface area contributed by atoms with Crippen molar-refractivity contribution in [2.75, 3.05) is 0 Å². The highest BCUT2D eigenvalue weighted by molar-refractivity contribution is 7.10. The Bertz CT molecular complexity index is 527. The maximum absolute atomic E-state index is 13.2. The average Bonchev–Trinajstić information content (AvgIpc) is 2.92. The van der Waals surface area contributed by atoms with Gasteiger partial charge in [0.15, 0.2) is 0 Å². The highest BCUT2D eigenvalue weighted by atomic mass is 35.5. The number of hydrogen-bond donors (Lipinski definition) is 1. The molecular weight excluding hydrogens is 281 g/mol. The fourth-order valence-electron chi connectivity index (χ4n) is 2.07. The Morgan fingerprint density at radius 3 is 2.74 bits per heavy atom. The molecule has 0 aliphatic rings. The SMILES string of the molecule is CCC(NC(C)c1ccc(F)c(Cl)c1)c1cccs1. The number of benzene rings is 1. The minimum absolute atomic E-state index is 0.130. The van der Waals surface area contributed by atoms with E-state index in [1.807, 2.05) is 0 Å². The molecule has 2 atom stereocenters. The summed E-state index contributed by atoms with van der Waals surface area (Å²) in [5.41, 5.74) is 1.00. The molecule has 0 saturated heterocycles. The third-order valence-electron chi connectivity index (χ3n) is 3.19. The van der Waals surface area contributed by atoms with Gasteiger partial charge in [-0.15, -0.1) is 11.3 Å². The van der Waals surface area contributed by atoms with E-state index < -0.39 is 0 Å². The molecule has 0 aliphatic carbocycles. The summed E-state index contributed by atoms with van der Waals surface area (Å²) in [6.07, 6.45) is 1.01. The number of thiophene rings is 1. The molecule has 0 amide bonds. The monoisotopic (exact) mass is 297 g/mol. The zero-order chi connectivity index (χ0) is 13.8. The summed E-state index contributed by atoms with van der Waals surface area (Å²) in [6.45, 7) is 4.22. The molecule has 1 aromatic carbocycles. The van der Waals surface area contributed by atoms with Crippen LogP contribution in [0.1, 0.15) is 42.8 Å². The first-order valence-electron chi connectivity index (χ1n) is 6.36. The maximum Gasteiger partial charge on any atom is 0.141 e. The highest BCUT2D eigenvalue weighted by Gasteiger charge is 2.15. The van der Waals surface area contributed by atoms with Crippen molar-refractivity contribution >= 4 is 22.9 Å². The van der Waals surface area contributed by atoms with Gasteiger partial charge in [0, 0.05) is 17.0 Å². The predicted molar refractivity (Wildman–Crippen MR) is 80.3 cm³/mol. The van der Waals surface area contributed by atoms with Crippen molar-refractivity contribution in [3.63, 3.8) is 0 Å². The third-order valence-corrected chi connectivity index (χ3v) is 4.47. The molecule has 102 valence electrons. The van der Waals surface area contributed by atoms with Gasteiger partial charge < -0.3 is 5.32 Å². The molecule has 1 heterocycles. The Hall–Kier alpha value is -0.900. The zero-order valence-corrected chi connectivity index (χ0v) is 12.6. The molecule has 1 nitrogen and oxygen atoms in total. The molecule has 19 heavy (non-hydrogen) atoms. The van der Waals surface area contributed by atoms with Gasteiger partial charge in [-0.2, -0.15) is 0 Å². The van der Waals surface area contributed by atoms with E-state index in [1.54, 1.807) is 23.5 Å². The standard InChI is InChI=1S/C15H17ClFNS/c1-3-14(15-5-4-8-19-15)18-10(2)11-6-7-13(17)12(16)9-11/h4-10,14,18H,3H2,1-2H3. The molecule has 4 heteroatoms. The molecule has 0 aliphatic heterocycles. The molecule has 0 radical (unpaired) electrons. The topological polar surface area (TPSA) is 12.0 Å². The Balaban J connectivity index is 2.11. The summed E-state index contributed by atoms with van der Waals surface area (Å²) in [4.78, 5) is 1.32. The van der Waals surface area contributed by atoms with Gasteiger partial charge >= 0.3 is 0 Å². The van der Waals surface area contributed by atoms with Gasteiger partial charge in [0.25, 0.3) is 0 Å². The lowest BCUT2D eigenvalue weighted by atomic mass is 10.1. The average molecular weight is 298 g/mol. The summed E-state index contributed by atoms with van der Waals surface area (Å²) >= 11 is 7.58. The van der Waals surface area contributed by atoms with Crippen LogP contribution in [-0.2, 0) is 0 Å². The largest absolute Gasteiger partial charge is 0.303 e. The Labute approximate surface area is 122 Å². The summed E-state index contributed by atoms with van der Waals surface area (Å²) in [5, 5.41) is 5.82. The quantitative estimate of drug-likeness (QED) is 0.785. The number of hydrogen-bond acceptors (Lipinski definition) is 2. The predicted octanol–water partition coefficient (Wildman–Crippen LogP) is 5.34. The van der Waals surface area contributed by atoms with E-state index in [0.29, 0.717) is 6.04 Å². The first kappa shape index (κ1) is 14.5. The van der Waals surface area contributed by atoms with E-state index in [1.165, 1.54) is 10.9 Å². The fraction of sp³-hybridized carbons (Fsp3) is 0.333. The Morgan fingerprint density at radius 2 is 2.16 bits per heavy atom. The number of halogens is 2. The highest BCUT2D eigenvalue weighted by Crippen LogP contribution is 2.27. The second-order valence-corrected chi connectivity index (χ2v) is 5.92. The van der Waals surface area contributed by atoms with Crippen molar-refractivity contribution in [1.29, 1.82) is 0 Å². The van der Waals surface area contributed by atoms with E-state index >= 15 is 0 Å². The lowest BCUT2D eigenvalue weighted by Crippen LogP contribution is -2.23. The smallest absolute Gasteiger partial charge is 0.141 e. The second kappa shape index (κ2) is 6.51. The van der Waals surface area contributed by atoms with Gasteiger partial charge in [-0.05, 0) is 42.5 Å². The molecule has 1 N–H and O–H groups in total. The van der Waals surface area contributed by atoms with Crippen LogP contribution in [0.3, 0.4) is 0 Å². The second-order valence-electron chi connectivity index (χ2n) is 4.54. The first-order chi connectivity index (χ1) is 9.11. The lowest BCUT2D eigenvalue weighted by Gasteiger charge is -2.22. The van der Waals surface area contributed by atoms with E-state index in [4.69, 9.17) is 11.6 Å². The minimum Gasteiger partial charge on any atom is -0.303 e. The van der Waals surface area contributed by atoms with Crippen molar-refractivity contribution in [1.82, 2.24) is 5.32 Å². The molecule has 0 saturated carbocycles. The van der Waals surface area contributed by atoms with Crippen LogP contribution in [0.5, 0.6) is 0 Å². The van der Waals surface area contributed by atoms with Gasteiger partial charge in [-0.3, -0.25) is 0 Å². The summed E-state index contributed by atoms with van der Waals surface area (Å²) < 4.78 is 13.2. The van der Waals surface area contributed by atoms with Crippen LogP contribution >= 0.6 is 22.9 Å². The van der Waals surface area contributed by atoms with Crippen molar-refractivity contribution in [3.8, 4) is 0 Å². The van der Waals surface area contributed by atoms with Gasteiger partial charge in [-0.1, -0.05) is 30.7 Å². The van der Waals surface area contributed by atoms with Crippen molar-refractivity contribution < 1.29 is 4.39 Å². The number of rotatable bonds is 5. The van der Waals surface area contributed by atoms with Crippen LogP contribution in [0.15, 0.2) is 35.7 Å². The third kappa shape index (κ3) is 3.56. The van der Waals surface area contributed by atoms with E-state index in [2.05, 4.69) is 36.7 Å². The van der Waals surface area contributed by atoms with Crippen LogP contribution in [0.2, 0.25) is 5.02 Å². The Kier molecular flexibility index (Phi) is 4.97. The van der Waals surface area contributed by atoms with Gasteiger partial charge in [0.2, 0.25) is 0 Å². The molecule has 2 unspecified atom stereocenters. The van der Waals surface area contributed by atoms with E-state index in [-0.39, 0.29) is 16.9 Å². The fourth-order valence-corrected chi connectivity index (χ4v) is 3.13. The minimum atomic E-state index is -0.372. The first-order valence-corrected chi connectivity index (χ1v) is 7.62. The van der Waals surface area contributed by atoms with Crippen LogP contribution in [0.4, 0.5) is 4.39 Å². The van der Waals surface area contributed by atoms with Gasteiger partial charge in [0.1, 0.15) is 5.82 Å². The molecule has 0 bridgehead atoms. The Morgan fingerprint density at radius 1 is 1.37 bits per heavy atom. The summed E-state index contributed by atoms with van der Waals surface area (Å²) in [6, 6.07) is 9.53. The zero-order valence-electron chi connectivity index (χ0n) is 11.0. The molecule has 1 aromatic heterocycles. The summed E-state index contributed by atoms with van der Waals surface area (Å²) in [7, 11) is 0. The normalized spacial score (nSPS) is 14.3. The van der Waals surface area contributed by atoms with Gasteiger partial charge in [-0.25, -0.2) is 4.39 Å². The van der Waals surface area contributed by atoms with Crippen LogP contribution in [0, 0.1) is 5.82 Å². The number of nitrogens with one attached hydrogen (secondary N) is 1. The van der Waals surface area contributed by atoms with Crippen LogP contribution in [0.25, 0.3) is 0 Å². The summed E-state index contributed by atoms with van der Waals surface area (Å²) in [5.74, 6) is -0.372. The molecule has 2 aromatic rings. The molecule has 0 fully saturated rings. The molecule has 0 spiro atoms. The van der Waals surface area contributed by atoms with Crippen LogP contribution < -0.4 is 5.32 Å². The molecular formula is C15H17ClFNS. The van der Waals surface area contributed by atoms with Gasteiger partial charge in [0.05, 0.1) is 5.02 Å².